The minimum absolute atomic E-state index is 0.201. The van der Waals surface area contributed by atoms with Crippen LogP contribution in [0.2, 0.25) is 0 Å². The lowest BCUT2D eigenvalue weighted by atomic mass is 10.1. The van der Waals surface area contributed by atoms with Crippen molar-refractivity contribution in [2.75, 3.05) is 52.4 Å². The van der Waals surface area contributed by atoms with Gasteiger partial charge in [-0.1, -0.05) is 0 Å². The molecule has 116 valence electrons. The SMILES string of the molecule is CC(C)(C)OC(=O)N1CC(N2CCN(CCO)CC2)C1. The van der Waals surface area contributed by atoms with Crippen LogP contribution in [-0.2, 0) is 4.74 Å². The number of β-amino-alcohol motifs (C(OH)–C–C–N with tert-alkyl or cyclic N) is 1. The second kappa shape index (κ2) is 6.28. The number of carbonyl (C=O) groups is 1. The van der Waals surface area contributed by atoms with Gasteiger partial charge in [0.25, 0.3) is 0 Å². The fourth-order valence-corrected chi connectivity index (χ4v) is 2.66. The van der Waals surface area contributed by atoms with E-state index in [4.69, 9.17) is 9.84 Å². The lowest BCUT2D eigenvalue weighted by Crippen LogP contribution is -2.64. The van der Waals surface area contributed by atoms with E-state index in [0.29, 0.717) is 6.04 Å². The predicted molar refractivity (Wildman–Crippen MR) is 76.7 cm³/mol. The van der Waals surface area contributed by atoms with Crippen LogP contribution < -0.4 is 0 Å². The van der Waals surface area contributed by atoms with Crippen LogP contribution >= 0.6 is 0 Å². The topological polar surface area (TPSA) is 56.2 Å². The maximum absolute atomic E-state index is 11.9. The number of aliphatic hydroxyl groups excluding tert-OH is 1. The van der Waals surface area contributed by atoms with E-state index in [1.807, 2.05) is 20.8 Å². The predicted octanol–water partition coefficient (Wildman–Crippen LogP) is 0.216. The Bertz CT molecular complexity index is 329. The molecule has 2 aliphatic heterocycles. The zero-order valence-corrected chi connectivity index (χ0v) is 12.8. The molecule has 6 heteroatoms. The number of carbonyl (C=O) groups excluding carboxylic acids is 1. The molecule has 20 heavy (non-hydrogen) atoms. The molecule has 2 aliphatic rings. The van der Waals surface area contributed by atoms with Gasteiger partial charge in [-0.05, 0) is 20.8 Å². The third-order valence-electron chi connectivity index (χ3n) is 3.85. The van der Waals surface area contributed by atoms with Crippen molar-refractivity contribution < 1.29 is 14.6 Å². The summed E-state index contributed by atoms with van der Waals surface area (Å²) >= 11 is 0. The van der Waals surface area contributed by atoms with Gasteiger partial charge in [0.2, 0.25) is 0 Å². The lowest BCUT2D eigenvalue weighted by Gasteiger charge is -2.47. The maximum Gasteiger partial charge on any atom is 0.410 e. The summed E-state index contributed by atoms with van der Waals surface area (Å²) in [4.78, 5) is 18.3. The summed E-state index contributed by atoms with van der Waals surface area (Å²) in [5.41, 5.74) is -0.419. The smallest absolute Gasteiger partial charge is 0.410 e. The van der Waals surface area contributed by atoms with E-state index in [2.05, 4.69) is 9.80 Å². The summed E-state index contributed by atoms with van der Waals surface area (Å²) in [6.07, 6.45) is -0.201. The largest absolute Gasteiger partial charge is 0.444 e. The van der Waals surface area contributed by atoms with E-state index >= 15 is 0 Å². The minimum atomic E-state index is -0.419. The highest BCUT2D eigenvalue weighted by Gasteiger charge is 2.37. The maximum atomic E-state index is 11.9. The average molecular weight is 285 g/mol. The molecule has 0 aromatic carbocycles. The van der Waals surface area contributed by atoms with Crippen molar-refractivity contribution >= 4 is 6.09 Å². The van der Waals surface area contributed by atoms with E-state index in [1.54, 1.807) is 4.90 Å². The molecule has 0 saturated carbocycles. The molecule has 0 aromatic heterocycles. The Morgan fingerprint density at radius 3 is 2.30 bits per heavy atom. The molecule has 1 amide bonds. The van der Waals surface area contributed by atoms with Crippen molar-refractivity contribution in [2.24, 2.45) is 0 Å². The summed E-state index contributed by atoms with van der Waals surface area (Å²) in [5.74, 6) is 0. The number of ether oxygens (including phenoxy) is 1. The molecular weight excluding hydrogens is 258 g/mol. The summed E-state index contributed by atoms with van der Waals surface area (Å²) in [7, 11) is 0. The van der Waals surface area contributed by atoms with Crippen molar-refractivity contribution in [3.63, 3.8) is 0 Å². The van der Waals surface area contributed by atoms with Crippen LogP contribution in [0.3, 0.4) is 0 Å². The Morgan fingerprint density at radius 2 is 1.80 bits per heavy atom. The van der Waals surface area contributed by atoms with Gasteiger partial charge in [0.15, 0.2) is 0 Å². The first-order valence-corrected chi connectivity index (χ1v) is 7.44. The van der Waals surface area contributed by atoms with E-state index < -0.39 is 5.60 Å². The van der Waals surface area contributed by atoms with Gasteiger partial charge in [0.05, 0.1) is 6.61 Å². The third-order valence-corrected chi connectivity index (χ3v) is 3.85. The number of likely N-dealkylation sites (tertiary alicyclic amines) is 1. The summed E-state index contributed by atoms with van der Waals surface area (Å²) in [6.45, 7) is 12.3. The normalized spacial score (nSPS) is 22.7. The van der Waals surface area contributed by atoms with Crippen molar-refractivity contribution in [2.45, 2.75) is 32.4 Å². The minimum Gasteiger partial charge on any atom is -0.444 e. The van der Waals surface area contributed by atoms with Crippen LogP contribution in [0.4, 0.5) is 4.79 Å². The molecule has 2 heterocycles. The second-order valence-corrected chi connectivity index (χ2v) is 6.64. The van der Waals surface area contributed by atoms with Gasteiger partial charge in [-0.2, -0.15) is 0 Å². The molecule has 6 nitrogen and oxygen atoms in total. The van der Waals surface area contributed by atoms with E-state index in [-0.39, 0.29) is 12.7 Å². The van der Waals surface area contributed by atoms with Crippen molar-refractivity contribution in [3.8, 4) is 0 Å². The Morgan fingerprint density at radius 1 is 1.20 bits per heavy atom. The number of nitrogens with zero attached hydrogens (tertiary/aromatic N) is 3. The van der Waals surface area contributed by atoms with Crippen LogP contribution in [0.1, 0.15) is 20.8 Å². The Labute approximate surface area is 121 Å². The Kier molecular flexibility index (Phi) is 4.88. The number of hydrogen-bond acceptors (Lipinski definition) is 5. The van der Waals surface area contributed by atoms with E-state index in [1.165, 1.54) is 0 Å². The van der Waals surface area contributed by atoms with Gasteiger partial charge >= 0.3 is 6.09 Å². The highest BCUT2D eigenvalue weighted by atomic mass is 16.6. The zero-order chi connectivity index (χ0) is 14.8. The molecule has 0 aliphatic carbocycles. The van der Waals surface area contributed by atoms with Gasteiger partial charge < -0.3 is 14.7 Å². The van der Waals surface area contributed by atoms with Gasteiger partial charge in [-0.3, -0.25) is 9.80 Å². The lowest BCUT2D eigenvalue weighted by molar-refractivity contribution is -0.0255. The third kappa shape index (κ3) is 4.07. The second-order valence-electron chi connectivity index (χ2n) is 6.64. The highest BCUT2D eigenvalue weighted by Crippen LogP contribution is 2.20. The van der Waals surface area contributed by atoms with Crippen LogP contribution in [0.15, 0.2) is 0 Å². The Balaban J connectivity index is 1.68. The molecular formula is C14H27N3O3. The quantitative estimate of drug-likeness (QED) is 0.804. The highest BCUT2D eigenvalue weighted by molar-refractivity contribution is 5.69. The molecule has 0 atom stereocenters. The molecule has 2 fully saturated rings. The number of amides is 1. The molecule has 0 spiro atoms. The fraction of sp³-hybridized carbons (Fsp3) is 0.929. The summed E-state index contributed by atoms with van der Waals surface area (Å²) < 4.78 is 5.36. The number of piperazine rings is 1. The van der Waals surface area contributed by atoms with E-state index in [0.717, 1.165) is 45.8 Å². The first-order chi connectivity index (χ1) is 9.39. The number of aliphatic hydroxyl groups is 1. The monoisotopic (exact) mass is 285 g/mol. The van der Waals surface area contributed by atoms with Gasteiger partial charge in [-0.25, -0.2) is 4.79 Å². The average Bonchev–Trinajstić information content (AvgIpc) is 2.27. The molecule has 2 rings (SSSR count). The molecule has 2 saturated heterocycles. The molecule has 0 aromatic rings. The first-order valence-electron chi connectivity index (χ1n) is 7.44. The van der Waals surface area contributed by atoms with Crippen molar-refractivity contribution in [1.82, 2.24) is 14.7 Å². The standard InChI is InChI=1S/C14H27N3O3/c1-14(2,3)20-13(19)17-10-12(11-17)16-6-4-15(5-7-16)8-9-18/h12,18H,4-11H2,1-3H3. The summed E-state index contributed by atoms with van der Waals surface area (Å²) in [6, 6.07) is 0.471. The van der Waals surface area contributed by atoms with Crippen LogP contribution in [-0.4, -0.2) is 90.0 Å². The molecule has 0 unspecified atom stereocenters. The number of hydrogen-bond donors (Lipinski definition) is 1. The van der Waals surface area contributed by atoms with Crippen molar-refractivity contribution in [3.05, 3.63) is 0 Å². The van der Waals surface area contributed by atoms with Gasteiger partial charge in [0, 0.05) is 51.9 Å². The molecule has 0 radical (unpaired) electrons. The molecule has 1 N–H and O–H groups in total. The van der Waals surface area contributed by atoms with Gasteiger partial charge in [-0.15, -0.1) is 0 Å². The summed E-state index contributed by atoms with van der Waals surface area (Å²) in [5, 5.41) is 8.93. The van der Waals surface area contributed by atoms with Gasteiger partial charge in [0.1, 0.15) is 5.60 Å². The number of rotatable bonds is 3. The molecule has 0 bridgehead atoms. The first kappa shape index (κ1) is 15.5. The van der Waals surface area contributed by atoms with Crippen LogP contribution in [0.25, 0.3) is 0 Å². The van der Waals surface area contributed by atoms with E-state index in [9.17, 15) is 4.79 Å². The van der Waals surface area contributed by atoms with Crippen LogP contribution in [0.5, 0.6) is 0 Å². The zero-order valence-electron chi connectivity index (χ0n) is 12.8. The Hall–Kier alpha value is -0.850. The van der Waals surface area contributed by atoms with Crippen LogP contribution in [0, 0.1) is 0 Å². The fourth-order valence-electron chi connectivity index (χ4n) is 2.66. The van der Waals surface area contributed by atoms with Crippen molar-refractivity contribution in [1.29, 1.82) is 0 Å².